The number of rotatable bonds is 6. The maximum absolute atomic E-state index is 12.8. The third kappa shape index (κ3) is 4.96. The Labute approximate surface area is 161 Å². The molecule has 0 aromatic heterocycles. The number of carbonyl (C=O) groups excluding carboxylic acids is 1. The Hall–Kier alpha value is -2.18. The second-order valence-electron chi connectivity index (χ2n) is 7.11. The van der Waals surface area contributed by atoms with Gasteiger partial charge in [0.15, 0.2) is 0 Å². The third-order valence-corrected chi connectivity index (χ3v) is 6.15. The lowest BCUT2D eigenvalue weighted by atomic mass is 10.0. The highest BCUT2D eigenvalue weighted by molar-refractivity contribution is 7.88. The Kier molecular flexibility index (Phi) is 5.97. The Morgan fingerprint density at radius 2 is 1.93 bits per heavy atom. The number of nitrogens with zero attached hydrogens (tertiary/aromatic N) is 2. The molecule has 0 N–H and O–H groups in total. The van der Waals surface area contributed by atoms with E-state index in [2.05, 4.69) is 6.07 Å². The van der Waals surface area contributed by atoms with Crippen molar-refractivity contribution < 1.29 is 13.2 Å². The van der Waals surface area contributed by atoms with Crippen LogP contribution in [-0.2, 0) is 27.8 Å². The highest BCUT2D eigenvalue weighted by Gasteiger charge is 2.24. The van der Waals surface area contributed by atoms with Gasteiger partial charge in [-0.05, 0) is 37.0 Å². The molecule has 0 unspecified atom stereocenters. The zero-order valence-corrected chi connectivity index (χ0v) is 16.7. The lowest BCUT2D eigenvalue weighted by molar-refractivity contribution is -0.118. The van der Waals surface area contributed by atoms with Crippen molar-refractivity contribution in [2.75, 3.05) is 24.2 Å². The molecule has 0 fully saturated rings. The molecule has 1 amide bonds. The van der Waals surface area contributed by atoms with Crippen LogP contribution in [0.4, 0.5) is 5.69 Å². The summed E-state index contributed by atoms with van der Waals surface area (Å²) in [5, 5.41) is 0. The number of aryl methyl sites for hydroxylation is 2. The van der Waals surface area contributed by atoms with Gasteiger partial charge in [0.05, 0.1) is 6.26 Å². The van der Waals surface area contributed by atoms with Gasteiger partial charge in [0, 0.05) is 31.7 Å². The average Bonchev–Trinajstić information content (AvgIpc) is 2.63. The summed E-state index contributed by atoms with van der Waals surface area (Å²) in [5.41, 5.74) is 4.15. The smallest absolute Gasteiger partial charge is 0.228 e. The minimum absolute atomic E-state index is 0.0277. The van der Waals surface area contributed by atoms with Crippen LogP contribution in [0.2, 0.25) is 0 Å². The number of carbonyl (C=O) groups is 1. The van der Waals surface area contributed by atoms with E-state index in [1.165, 1.54) is 16.1 Å². The first-order valence-electron chi connectivity index (χ1n) is 9.23. The van der Waals surface area contributed by atoms with E-state index >= 15 is 0 Å². The summed E-state index contributed by atoms with van der Waals surface area (Å²) >= 11 is 0. The molecule has 1 aliphatic heterocycles. The van der Waals surface area contributed by atoms with Crippen molar-refractivity contribution in [3.63, 3.8) is 0 Å². The molecule has 5 nitrogen and oxygen atoms in total. The number of benzene rings is 2. The van der Waals surface area contributed by atoms with Gasteiger partial charge in [0.1, 0.15) is 0 Å². The van der Waals surface area contributed by atoms with Crippen LogP contribution in [0.3, 0.4) is 0 Å². The van der Waals surface area contributed by atoms with E-state index in [0.29, 0.717) is 6.54 Å². The monoisotopic (exact) mass is 386 g/mol. The second-order valence-corrected chi connectivity index (χ2v) is 9.10. The van der Waals surface area contributed by atoms with Crippen LogP contribution in [0.1, 0.15) is 29.5 Å². The number of para-hydroxylation sites is 1. The summed E-state index contributed by atoms with van der Waals surface area (Å²) in [5.74, 6) is -0.0277. The van der Waals surface area contributed by atoms with Crippen molar-refractivity contribution in [2.45, 2.75) is 32.7 Å². The molecule has 0 bridgehead atoms. The first kappa shape index (κ1) is 19.6. The molecule has 0 radical (unpaired) electrons. The van der Waals surface area contributed by atoms with Crippen LogP contribution in [0.15, 0.2) is 48.5 Å². The maximum atomic E-state index is 12.8. The summed E-state index contributed by atoms with van der Waals surface area (Å²) in [6, 6.07) is 15.7. The van der Waals surface area contributed by atoms with Crippen LogP contribution in [0.5, 0.6) is 0 Å². The van der Waals surface area contributed by atoms with E-state index in [-0.39, 0.29) is 25.4 Å². The summed E-state index contributed by atoms with van der Waals surface area (Å²) in [7, 11) is -3.40. The largest absolute Gasteiger partial charge is 0.312 e. The topological polar surface area (TPSA) is 57.7 Å². The molecule has 0 saturated heterocycles. The van der Waals surface area contributed by atoms with Crippen molar-refractivity contribution >= 4 is 21.6 Å². The number of hydrogen-bond acceptors (Lipinski definition) is 3. The van der Waals surface area contributed by atoms with E-state index in [0.717, 1.165) is 29.7 Å². The van der Waals surface area contributed by atoms with Gasteiger partial charge in [-0.2, -0.15) is 4.31 Å². The molecular formula is C21H26N2O3S. The molecule has 1 heterocycles. The van der Waals surface area contributed by atoms with Crippen molar-refractivity contribution in [2.24, 2.45) is 0 Å². The van der Waals surface area contributed by atoms with E-state index in [1.807, 2.05) is 49.4 Å². The molecule has 2 aromatic rings. The minimum atomic E-state index is -3.40. The van der Waals surface area contributed by atoms with Gasteiger partial charge in [0.25, 0.3) is 0 Å². The molecular weight excluding hydrogens is 360 g/mol. The molecule has 144 valence electrons. The molecule has 0 saturated carbocycles. The van der Waals surface area contributed by atoms with Gasteiger partial charge < -0.3 is 4.90 Å². The number of anilines is 1. The Bertz CT molecular complexity index is 925. The normalized spacial score (nSPS) is 14.3. The number of fused-ring (bicyclic) bond motifs is 1. The van der Waals surface area contributed by atoms with Gasteiger partial charge in [-0.25, -0.2) is 8.42 Å². The standard InChI is InChI=1S/C21H26N2O3S/c1-17-7-5-8-18(15-17)16-22(27(2,25)26)14-12-21(24)23-13-6-10-19-9-3-4-11-20(19)23/h3-5,7-9,11,15H,6,10,12-14,16H2,1-2H3. The molecule has 6 heteroatoms. The molecule has 0 atom stereocenters. The molecule has 1 aliphatic rings. The summed E-state index contributed by atoms with van der Waals surface area (Å²) in [4.78, 5) is 14.6. The van der Waals surface area contributed by atoms with Crippen LogP contribution in [0.25, 0.3) is 0 Å². The second kappa shape index (κ2) is 8.23. The quantitative estimate of drug-likeness (QED) is 0.766. The fraction of sp³-hybridized carbons (Fsp3) is 0.381. The van der Waals surface area contributed by atoms with Crippen LogP contribution in [0, 0.1) is 6.92 Å². The first-order valence-corrected chi connectivity index (χ1v) is 11.1. The predicted molar refractivity (Wildman–Crippen MR) is 108 cm³/mol. The number of sulfonamides is 1. The zero-order valence-electron chi connectivity index (χ0n) is 15.9. The van der Waals surface area contributed by atoms with Gasteiger partial charge >= 0.3 is 0 Å². The fourth-order valence-electron chi connectivity index (χ4n) is 3.52. The van der Waals surface area contributed by atoms with Crippen molar-refractivity contribution in [3.8, 4) is 0 Å². The van der Waals surface area contributed by atoms with E-state index in [1.54, 1.807) is 4.90 Å². The van der Waals surface area contributed by atoms with Crippen LogP contribution >= 0.6 is 0 Å². The molecule has 3 rings (SSSR count). The number of amides is 1. The molecule has 2 aromatic carbocycles. The lowest BCUT2D eigenvalue weighted by Gasteiger charge is -2.30. The third-order valence-electron chi connectivity index (χ3n) is 4.90. The van der Waals surface area contributed by atoms with Crippen molar-refractivity contribution in [1.29, 1.82) is 0 Å². The van der Waals surface area contributed by atoms with Crippen molar-refractivity contribution in [1.82, 2.24) is 4.31 Å². The maximum Gasteiger partial charge on any atom is 0.228 e. The highest BCUT2D eigenvalue weighted by Crippen LogP contribution is 2.27. The zero-order chi connectivity index (χ0) is 19.4. The molecule has 0 aliphatic carbocycles. The lowest BCUT2D eigenvalue weighted by Crippen LogP contribution is -2.39. The van der Waals surface area contributed by atoms with Crippen LogP contribution in [-0.4, -0.2) is 38.0 Å². The Morgan fingerprint density at radius 3 is 2.67 bits per heavy atom. The number of hydrogen-bond donors (Lipinski definition) is 0. The van der Waals surface area contributed by atoms with E-state index in [4.69, 9.17) is 0 Å². The first-order chi connectivity index (χ1) is 12.8. The summed E-state index contributed by atoms with van der Waals surface area (Å²) < 4.78 is 25.8. The van der Waals surface area contributed by atoms with Gasteiger partial charge in [-0.3, -0.25) is 4.79 Å². The van der Waals surface area contributed by atoms with E-state index in [9.17, 15) is 13.2 Å². The predicted octanol–water partition coefficient (Wildman–Crippen LogP) is 3.13. The SMILES string of the molecule is Cc1cccc(CN(CCC(=O)N2CCCc3ccccc32)S(C)(=O)=O)c1. The van der Waals surface area contributed by atoms with Gasteiger partial charge in [-0.1, -0.05) is 48.0 Å². The van der Waals surface area contributed by atoms with Crippen LogP contribution < -0.4 is 4.90 Å². The Morgan fingerprint density at radius 1 is 1.15 bits per heavy atom. The minimum Gasteiger partial charge on any atom is -0.312 e. The van der Waals surface area contributed by atoms with E-state index < -0.39 is 10.0 Å². The highest BCUT2D eigenvalue weighted by atomic mass is 32.2. The summed E-state index contributed by atoms with van der Waals surface area (Å²) in [6.45, 7) is 3.13. The Balaban J connectivity index is 1.70. The average molecular weight is 387 g/mol. The fourth-order valence-corrected chi connectivity index (χ4v) is 4.33. The van der Waals surface area contributed by atoms with Gasteiger partial charge in [0.2, 0.25) is 15.9 Å². The molecule has 0 spiro atoms. The van der Waals surface area contributed by atoms with Crippen molar-refractivity contribution in [3.05, 3.63) is 65.2 Å². The summed E-state index contributed by atoms with van der Waals surface area (Å²) in [6.07, 6.45) is 3.28. The van der Waals surface area contributed by atoms with Gasteiger partial charge in [-0.15, -0.1) is 0 Å². The molecule has 27 heavy (non-hydrogen) atoms.